The van der Waals surface area contributed by atoms with Gasteiger partial charge < -0.3 is 15.4 Å². The lowest BCUT2D eigenvalue weighted by molar-refractivity contribution is -0.129. The van der Waals surface area contributed by atoms with E-state index in [-0.39, 0.29) is 11.4 Å². The Bertz CT molecular complexity index is 1080. The molecule has 2 aromatic carbocycles. The lowest BCUT2D eigenvalue weighted by atomic mass is 9.54. The molecule has 0 radical (unpaired) electrons. The summed E-state index contributed by atoms with van der Waals surface area (Å²) in [5.41, 5.74) is 3.89. The number of methoxy groups -OCH3 is 1. The number of unbranched alkanes of at least 4 members (excludes halogenated alkanes) is 1. The van der Waals surface area contributed by atoms with E-state index in [0.717, 1.165) is 56.3 Å². The van der Waals surface area contributed by atoms with Crippen LogP contribution in [-0.4, -0.2) is 25.5 Å². The number of ether oxygens (including phenoxy) is 1. The van der Waals surface area contributed by atoms with Crippen molar-refractivity contribution in [2.45, 2.75) is 70.8 Å². The number of benzene rings is 2. The lowest BCUT2D eigenvalue weighted by Gasteiger charge is -2.50. The molecule has 192 valence electrons. The van der Waals surface area contributed by atoms with Crippen LogP contribution in [0.5, 0.6) is 5.75 Å². The monoisotopic (exact) mass is 488 g/mol. The molecule has 5 atom stereocenters. The summed E-state index contributed by atoms with van der Waals surface area (Å²) in [6, 6.07) is 16.4. The zero-order chi connectivity index (χ0) is 25.1. The quantitative estimate of drug-likeness (QED) is 0.447. The summed E-state index contributed by atoms with van der Waals surface area (Å²) in [5, 5.41) is 5.91. The normalized spacial score (nSPS) is 28.6. The molecule has 5 nitrogen and oxygen atoms in total. The maximum atomic E-state index is 13.2. The van der Waals surface area contributed by atoms with Crippen molar-refractivity contribution in [3.05, 3.63) is 65.2 Å². The van der Waals surface area contributed by atoms with Crippen LogP contribution in [0, 0.1) is 23.2 Å². The minimum absolute atomic E-state index is 0.116. The number of ketones is 1. The van der Waals surface area contributed by atoms with E-state index < -0.39 is 0 Å². The number of rotatable bonds is 8. The Morgan fingerprint density at radius 2 is 1.92 bits per heavy atom. The average molecular weight is 489 g/mol. The summed E-state index contributed by atoms with van der Waals surface area (Å²) in [7, 11) is 1.74. The van der Waals surface area contributed by atoms with Crippen LogP contribution in [0.15, 0.2) is 48.5 Å². The molecule has 0 bridgehead atoms. The number of amides is 2. The third kappa shape index (κ3) is 4.89. The maximum Gasteiger partial charge on any atom is 0.315 e. The van der Waals surface area contributed by atoms with Crippen LogP contribution in [-0.2, 0) is 17.8 Å². The van der Waals surface area contributed by atoms with Gasteiger partial charge in [-0.3, -0.25) is 4.79 Å². The van der Waals surface area contributed by atoms with Crippen molar-refractivity contribution in [1.82, 2.24) is 10.6 Å². The van der Waals surface area contributed by atoms with Crippen LogP contribution in [0.4, 0.5) is 4.79 Å². The Kier molecular flexibility index (Phi) is 7.36. The number of nitrogens with one attached hydrogen (secondary N) is 2. The lowest BCUT2D eigenvalue weighted by Crippen LogP contribution is -2.44. The Balaban J connectivity index is 1.14. The molecule has 3 aliphatic carbocycles. The molecule has 2 aromatic rings. The number of hydrogen-bond acceptors (Lipinski definition) is 3. The van der Waals surface area contributed by atoms with Gasteiger partial charge in [-0.2, -0.15) is 0 Å². The fourth-order valence-corrected chi connectivity index (χ4v) is 7.58. The van der Waals surface area contributed by atoms with Crippen molar-refractivity contribution in [2.24, 2.45) is 23.2 Å². The molecule has 0 aromatic heterocycles. The average Bonchev–Trinajstić information content (AvgIpc) is 3.16. The molecule has 2 saturated carbocycles. The van der Waals surface area contributed by atoms with Crippen molar-refractivity contribution >= 4 is 11.8 Å². The van der Waals surface area contributed by atoms with E-state index >= 15 is 0 Å². The van der Waals surface area contributed by atoms with Gasteiger partial charge in [0.2, 0.25) is 0 Å². The van der Waals surface area contributed by atoms with Crippen LogP contribution in [0.3, 0.4) is 0 Å². The maximum absolute atomic E-state index is 13.2. The van der Waals surface area contributed by atoms with Crippen LogP contribution in [0.25, 0.3) is 0 Å². The van der Waals surface area contributed by atoms with Crippen molar-refractivity contribution in [1.29, 1.82) is 0 Å². The predicted octanol–water partition coefficient (Wildman–Crippen LogP) is 6.02. The smallest absolute Gasteiger partial charge is 0.315 e. The van der Waals surface area contributed by atoms with Gasteiger partial charge >= 0.3 is 6.03 Å². The SMILES string of the molecule is COc1ccc2c(c1)CCC1C2CC[C@]2(C)C(=O)C[C@@H](CCCCNC(=O)NCc3ccccc3)C12. The Morgan fingerprint density at radius 1 is 1.08 bits per heavy atom. The Hall–Kier alpha value is -2.82. The standard InChI is InChI=1S/C31H40N2O3/c1-31-16-15-26-25-14-12-24(36-2)18-22(25)11-13-27(26)29(31)23(19-28(31)34)10-6-7-17-32-30(35)33-20-21-8-4-3-5-9-21/h3-5,8-9,12,14,18,23,26-27,29H,6-7,10-11,13,15-17,19-20H2,1-2H3,(H2,32,33,35)/t23-,26?,27?,29?,31-/m1/s1. The molecule has 2 fully saturated rings. The molecule has 5 heteroatoms. The zero-order valence-corrected chi connectivity index (χ0v) is 21.7. The van der Waals surface area contributed by atoms with Gasteiger partial charge in [0, 0.05) is 24.9 Å². The first-order valence-electron chi connectivity index (χ1n) is 13.8. The summed E-state index contributed by atoms with van der Waals surface area (Å²) >= 11 is 0. The topological polar surface area (TPSA) is 67.4 Å². The molecule has 3 aliphatic rings. The molecule has 0 saturated heterocycles. The molecule has 2 amide bonds. The van der Waals surface area contributed by atoms with E-state index in [4.69, 9.17) is 4.74 Å². The fourth-order valence-electron chi connectivity index (χ4n) is 7.58. The third-order valence-electron chi connectivity index (χ3n) is 9.36. The van der Waals surface area contributed by atoms with E-state index in [2.05, 4.69) is 35.8 Å². The first-order chi connectivity index (χ1) is 17.5. The molecule has 36 heavy (non-hydrogen) atoms. The summed E-state index contributed by atoms with van der Waals surface area (Å²) in [6.07, 6.45) is 8.22. The molecule has 0 aliphatic heterocycles. The van der Waals surface area contributed by atoms with Gasteiger partial charge in [0.1, 0.15) is 11.5 Å². The summed E-state index contributed by atoms with van der Waals surface area (Å²) in [6.45, 7) is 3.47. The van der Waals surface area contributed by atoms with E-state index in [1.165, 1.54) is 17.5 Å². The fraction of sp³-hybridized carbons (Fsp3) is 0.548. The van der Waals surface area contributed by atoms with E-state index in [1.807, 2.05) is 30.3 Å². The first-order valence-corrected chi connectivity index (χ1v) is 13.8. The van der Waals surface area contributed by atoms with Crippen molar-refractivity contribution in [3.8, 4) is 5.75 Å². The number of carbonyl (C=O) groups excluding carboxylic acids is 2. The number of aryl methyl sites for hydroxylation is 1. The van der Waals surface area contributed by atoms with Crippen molar-refractivity contribution < 1.29 is 14.3 Å². The highest BCUT2D eigenvalue weighted by molar-refractivity contribution is 5.87. The van der Waals surface area contributed by atoms with Crippen LogP contribution in [0.1, 0.15) is 74.5 Å². The van der Waals surface area contributed by atoms with E-state index in [1.54, 1.807) is 7.11 Å². The molecule has 0 spiro atoms. The molecule has 5 rings (SSSR count). The van der Waals surface area contributed by atoms with Gasteiger partial charge in [0.25, 0.3) is 0 Å². The van der Waals surface area contributed by atoms with Crippen molar-refractivity contribution in [3.63, 3.8) is 0 Å². The second-order valence-electron chi connectivity index (χ2n) is 11.3. The minimum atomic E-state index is -0.147. The number of hydrogen-bond donors (Lipinski definition) is 2. The van der Waals surface area contributed by atoms with Crippen LogP contribution in [0.2, 0.25) is 0 Å². The second-order valence-corrected chi connectivity index (χ2v) is 11.3. The van der Waals surface area contributed by atoms with E-state index in [9.17, 15) is 9.59 Å². The second kappa shape index (κ2) is 10.7. The molecule has 0 heterocycles. The summed E-state index contributed by atoms with van der Waals surface area (Å²) in [4.78, 5) is 25.4. The third-order valence-corrected chi connectivity index (χ3v) is 9.36. The number of fused-ring (bicyclic) bond motifs is 5. The molecule has 3 unspecified atom stereocenters. The number of carbonyl (C=O) groups is 2. The predicted molar refractivity (Wildman–Crippen MR) is 142 cm³/mol. The van der Waals surface area contributed by atoms with Gasteiger partial charge in [-0.15, -0.1) is 0 Å². The number of Topliss-reactive ketones (excluding diaryl/α,β-unsaturated/α-hetero) is 1. The van der Waals surface area contributed by atoms with Crippen LogP contribution < -0.4 is 15.4 Å². The molecule has 2 N–H and O–H groups in total. The van der Waals surface area contributed by atoms with Crippen LogP contribution >= 0.6 is 0 Å². The van der Waals surface area contributed by atoms with E-state index in [0.29, 0.717) is 42.5 Å². The highest BCUT2D eigenvalue weighted by atomic mass is 16.5. The van der Waals surface area contributed by atoms with Gasteiger partial charge in [0.15, 0.2) is 0 Å². The van der Waals surface area contributed by atoms with Gasteiger partial charge in [-0.05, 0) is 91.0 Å². The highest BCUT2D eigenvalue weighted by Crippen LogP contribution is 2.62. The van der Waals surface area contributed by atoms with Crippen molar-refractivity contribution in [2.75, 3.05) is 13.7 Å². The molecular formula is C31H40N2O3. The molecular weight excluding hydrogens is 448 g/mol. The minimum Gasteiger partial charge on any atom is -0.497 e. The van der Waals surface area contributed by atoms with Gasteiger partial charge in [-0.25, -0.2) is 4.79 Å². The summed E-state index contributed by atoms with van der Waals surface area (Å²) < 4.78 is 5.47. The van der Waals surface area contributed by atoms with Gasteiger partial charge in [0.05, 0.1) is 7.11 Å². The Labute approximate surface area is 215 Å². The highest BCUT2D eigenvalue weighted by Gasteiger charge is 2.58. The zero-order valence-electron chi connectivity index (χ0n) is 21.7. The largest absolute Gasteiger partial charge is 0.497 e. The van der Waals surface area contributed by atoms with Gasteiger partial charge in [-0.1, -0.05) is 49.7 Å². The first kappa shape index (κ1) is 24.9. The Morgan fingerprint density at radius 3 is 2.72 bits per heavy atom. The number of urea groups is 1. The summed E-state index contributed by atoms with van der Waals surface area (Å²) in [5.74, 6) is 3.58.